The molecule has 0 bridgehead atoms. The third kappa shape index (κ3) is 33.7. The van der Waals surface area contributed by atoms with Gasteiger partial charge in [-0.2, -0.15) is 0 Å². The number of aliphatic carboxylic acids is 2. The molecule has 0 aromatic rings. The Balaban J connectivity index is -0.000000390. The number of Topliss-reactive ketones (excluding diaryl/α,β-unsaturated/α-hetero) is 2. The van der Waals surface area contributed by atoms with E-state index in [1.807, 2.05) is 27.7 Å². The van der Waals surface area contributed by atoms with Crippen molar-refractivity contribution in [3.8, 4) is 0 Å². The van der Waals surface area contributed by atoms with Crippen molar-refractivity contribution in [2.24, 2.45) is 0 Å². The molecule has 0 heterocycles. The van der Waals surface area contributed by atoms with E-state index in [2.05, 4.69) is 0 Å². The van der Waals surface area contributed by atoms with Crippen LogP contribution in [0.1, 0.15) is 66.2 Å². The van der Waals surface area contributed by atoms with Gasteiger partial charge in [-0.25, -0.2) is 0 Å². The van der Waals surface area contributed by atoms with Crippen LogP contribution < -0.4 is 10.2 Å². The number of carbonyl (C=O) groups excluding carboxylic acids is 4. The first kappa shape index (κ1) is 34.4. The molecule has 180 valence electrons. The average molecular weight is 484 g/mol. The van der Waals surface area contributed by atoms with Gasteiger partial charge in [0, 0.05) is 37.6 Å². The summed E-state index contributed by atoms with van der Waals surface area (Å²) in [6, 6.07) is 0. The van der Waals surface area contributed by atoms with Gasteiger partial charge in [0.25, 0.3) is 0 Å². The number of rotatable bonds is 16. The molecule has 0 aliphatic rings. The van der Waals surface area contributed by atoms with Gasteiger partial charge in [0.05, 0.1) is 0 Å². The predicted octanol–water partition coefficient (Wildman–Crippen LogP) is -0.00690. The molecule has 0 aromatic heterocycles. The molecule has 0 N–H and O–H groups in total. The van der Waals surface area contributed by atoms with Gasteiger partial charge in [-0.1, -0.05) is 13.8 Å². The van der Waals surface area contributed by atoms with E-state index in [0.717, 1.165) is 0 Å². The number of hydrogen-bond acceptors (Lipinski definition) is 10. The van der Waals surface area contributed by atoms with Crippen LogP contribution in [0.15, 0.2) is 0 Å². The van der Waals surface area contributed by atoms with Crippen molar-refractivity contribution < 1.29 is 65.4 Å². The molecule has 11 heteroatoms. The van der Waals surface area contributed by atoms with E-state index >= 15 is 0 Å². The standard InChI is InChI=1S/2C6H10O3.2C4H9O2.Ti/c2*1-2-3-5(7)4-6(8)9;2*1-4(5)3-6-2;/h2*2-4H2,1H3,(H,8,9);2*4H,3H2,1-2H3;/q;;2*-1;+4/p-2. The number of ketones is 2. The Labute approximate surface area is 194 Å². The molecule has 0 spiro atoms. The second-order valence-electron chi connectivity index (χ2n) is 6.53. The van der Waals surface area contributed by atoms with Crippen molar-refractivity contribution in [3.63, 3.8) is 0 Å². The molecule has 2 unspecified atom stereocenters. The van der Waals surface area contributed by atoms with E-state index in [0.29, 0.717) is 38.9 Å². The molecule has 2 atom stereocenters. The fourth-order valence-corrected chi connectivity index (χ4v) is 2.60. The summed E-state index contributed by atoms with van der Waals surface area (Å²) in [5.74, 6) is -3.07. The van der Waals surface area contributed by atoms with Gasteiger partial charge < -0.3 is 19.8 Å². The molecule has 0 saturated carbocycles. The first-order valence-corrected chi connectivity index (χ1v) is 11.3. The fourth-order valence-electron chi connectivity index (χ4n) is 1.79. The number of methoxy groups -OCH3 is 2. The predicted molar refractivity (Wildman–Crippen MR) is 104 cm³/mol. The van der Waals surface area contributed by atoms with Gasteiger partial charge in [0.2, 0.25) is 0 Å². The Kier molecular flexibility index (Phi) is 27.9. The molecular weight excluding hydrogens is 448 g/mol. The summed E-state index contributed by atoms with van der Waals surface area (Å²) in [5.41, 5.74) is 0. The third-order valence-corrected chi connectivity index (χ3v) is 4.60. The average Bonchev–Trinajstić information content (AvgIpc) is 2.62. The summed E-state index contributed by atoms with van der Waals surface area (Å²) >= 11 is -0.767. The van der Waals surface area contributed by atoms with E-state index in [9.17, 15) is 29.4 Å². The second kappa shape index (κ2) is 25.1. The molecule has 0 radical (unpaired) electrons. The zero-order valence-corrected chi connectivity index (χ0v) is 21.0. The van der Waals surface area contributed by atoms with E-state index in [1.54, 1.807) is 14.2 Å². The zero-order chi connectivity index (χ0) is 24.7. The quantitative estimate of drug-likeness (QED) is 0.216. The molecular formula is C20H36O10Ti. The Bertz CT molecular complexity index is 443. The molecule has 0 aliphatic heterocycles. The maximum absolute atomic E-state index is 10.4. The van der Waals surface area contributed by atoms with Crippen LogP contribution >= 0.6 is 0 Å². The minimum atomic E-state index is -1.28. The maximum atomic E-state index is 10.4. The van der Waals surface area contributed by atoms with Gasteiger partial charge in [0.15, 0.2) is 0 Å². The summed E-state index contributed by atoms with van der Waals surface area (Å²) in [4.78, 5) is 40.4. The van der Waals surface area contributed by atoms with E-state index in [-0.39, 0.29) is 23.8 Å². The summed E-state index contributed by atoms with van der Waals surface area (Å²) in [6.07, 6.45) is 1.46. The van der Waals surface area contributed by atoms with Crippen LogP contribution in [0, 0.1) is 0 Å². The monoisotopic (exact) mass is 484 g/mol. The summed E-state index contributed by atoms with van der Waals surface area (Å²) in [6.45, 7) is 8.83. The Morgan fingerprint density at radius 2 is 1.06 bits per heavy atom. The van der Waals surface area contributed by atoms with Crippen molar-refractivity contribution >= 4 is 23.5 Å². The first-order chi connectivity index (χ1) is 14.5. The van der Waals surface area contributed by atoms with Crippen molar-refractivity contribution in [3.05, 3.63) is 0 Å². The molecule has 0 aromatic carbocycles. The number of ether oxygens (including phenoxy) is 2. The molecule has 0 saturated heterocycles. The number of carbonyl (C=O) groups is 4. The second-order valence-corrected chi connectivity index (χ2v) is 7.52. The van der Waals surface area contributed by atoms with Crippen LogP contribution in [0.25, 0.3) is 0 Å². The topological polar surface area (TPSA) is 151 Å². The summed E-state index contributed by atoms with van der Waals surface area (Å²) < 4.78 is 20.7. The van der Waals surface area contributed by atoms with Crippen LogP contribution in [0.2, 0.25) is 0 Å². The van der Waals surface area contributed by atoms with Crippen LogP contribution in [0.4, 0.5) is 0 Å². The SMILES string of the molecule is CCCC(=O)CC(=O)[O-].CCCC(=O)CC(=O)[O-].COCC(C)[O][Ti+2][O]C(C)COC. The Morgan fingerprint density at radius 1 is 0.742 bits per heavy atom. The van der Waals surface area contributed by atoms with Gasteiger partial charge in [-0.05, 0) is 12.8 Å². The molecule has 31 heavy (non-hydrogen) atoms. The first-order valence-electron chi connectivity index (χ1n) is 10.0. The van der Waals surface area contributed by atoms with Crippen LogP contribution in [-0.2, 0) is 55.2 Å². The molecule has 0 rings (SSSR count). The summed E-state index contributed by atoms with van der Waals surface area (Å²) in [5, 5.41) is 19.5. The molecule has 0 aliphatic carbocycles. The van der Waals surface area contributed by atoms with E-state index in [4.69, 9.17) is 16.1 Å². The van der Waals surface area contributed by atoms with Crippen LogP contribution in [0.5, 0.6) is 0 Å². The molecule has 10 nitrogen and oxygen atoms in total. The Hall–Kier alpha value is -1.17. The van der Waals surface area contributed by atoms with Gasteiger partial charge in [-0.15, -0.1) is 0 Å². The Morgan fingerprint density at radius 3 is 1.29 bits per heavy atom. The van der Waals surface area contributed by atoms with Gasteiger partial charge in [-0.3, -0.25) is 9.59 Å². The molecule has 0 fully saturated rings. The van der Waals surface area contributed by atoms with Crippen molar-refractivity contribution in [2.45, 2.75) is 78.4 Å². The fraction of sp³-hybridized carbons (Fsp3) is 0.800. The van der Waals surface area contributed by atoms with Crippen molar-refractivity contribution in [1.82, 2.24) is 0 Å². The van der Waals surface area contributed by atoms with Crippen molar-refractivity contribution in [1.29, 1.82) is 0 Å². The van der Waals surface area contributed by atoms with Crippen LogP contribution in [0.3, 0.4) is 0 Å². The number of hydrogen-bond donors (Lipinski definition) is 0. The van der Waals surface area contributed by atoms with Crippen molar-refractivity contribution in [2.75, 3.05) is 27.4 Å². The normalized spacial score (nSPS) is 11.5. The van der Waals surface area contributed by atoms with Gasteiger partial charge >= 0.3 is 89.5 Å². The number of carboxylic acids is 2. The summed E-state index contributed by atoms with van der Waals surface area (Å²) in [7, 11) is 3.32. The number of carboxylic acid groups (broad SMARTS) is 2. The molecule has 0 amide bonds. The van der Waals surface area contributed by atoms with E-state index < -0.39 is 44.7 Å². The van der Waals surface area contributed by atoms with Gasteiger partial charge in [0.1, 0.15) is 11.6 Å². The third-order valence-electron chi connectivity index (χ3n) is 3.04. The zero-order valence-electron chi connectivity index (χ0n) is 19.4. The minimum absolute atomic E-state index is 0.125. The van der Waals surface area contributed by atoms with Crippen LogP contribution in [-0.4, -0.2) is 63.1 Å². The van der Waals surface area contributed by atoms with E-state index in [1.165, 1.54) is 0 Å².